The first kappa shape index (κ1) is 37.8. The van der Waals surface area contributed by atoms with Crippen molar-refractivity contribution in [2.75, 3.05) is 6.61 Å². The molecule has 0 saturated carbocycles. The van der Waals surface area contributed by atoms with Crippen molar-refractivity contribution in [2.24, 2.45) is 5.92 Å². The molecule has 16 heteroatoms. The molecule has 0 spiro atoms. The van der Waals surface area contributed by atoms with Crippen LogP contribution in [0.5, 0.6) is 0 Å². The highest BCUT2D eigenvalue weighted by atomic mass is 16.5. The van der Waals surface area contributed by atoms with Crippen LogP contribution >= 0.6 is 0 Å². The lowest BCUT2D eigenvalue weighted by atomic mass is 10.0. The second-order valence-corrected chi connectivity index (χ2v) is 10.7. The number of H-pyrrole nitrogens is 1. The van der Waals surface area contributed by atoms with Crippen molar-refractivity contribution >= 4 is 35.8 Å². The number of rotatable bonds is 20. The number of ether oxygens (including phenoxy) is 2. The SMILES string of the molecule is CCO/C=C/[C@H](CC(=O)O)NC(=O)[C@H](Cc1c[nH]cn1)NC(=O)[C@H](CCC(=O)O)NC(=O)[C@@H](NC(=O)OCc1ccccc1)C(C)C. The Labute approximate surface area is 271 Å². The quantitative estimate of drug-likeness (QED) is 0.0999. The summed E-state index contributed by atoms with van der Waals surface area (Å²) in [6.07, 6.45) is 3.14. The van der Waals surface area contributed by atoms with Gasteiger partial charge >= 0.3 is 18.0 Å². The highest BCUT2D eigenvalue weighted by Crippen LogP contribution is 2.09. The van der Waals surface area contributed by atoms with Crippen molar-refractivity contribution in [1.29, 1.82) is 0 Å². The van der Waals surface area contributed by atoms with Gasteiger partial charge in [0.25, 0.3) is 0 Å². The molecule has 7 N–H and O–H groups in total. The number of aliphatic carboxylic acids is 2. The van der Waals surface area contributed by atoms with E-state index in [2.05, 4.69) is 31.2 Å². The second-order valence-electron chi connectivity index (χ2n) is 10.7. The molecule has 0 unspecified atom stereocenters. The maximum Gasteiger partial charge on any atom is 0.408 e. The number of carboxylic acid groups (broad SMARTS) is 2. The minimum atomic E-state index is -1.43. The van der Waals surface area contributed by atoms with E-state index in [0.29, 0.717) is 12.3 Å². The first-order valence-corrected chi connectivity index (χ1v) is 15.0. The number of aromatic nitrogens is 2. The summed E-state index contributed by atoms with van der Waals surface area (Å²) in [5.41, 5.74) is 1.11. The van der Waals surface area contributed by atoms with Gasteiger partial charge < -0.3 is 45.9 Å². The van der Waals surface area contributed by atoms with Crippen LogP contribution in [0, 0.1) is 5.92 Å². The summed E-state index contributed by atoms with van der Waals surface area (Å²) in [5.74, 6) is -5.32. The molecular formula is C31H42N6O10. The number of nitrogens with zero attached hydrogens (tertiary/aromatic N) is 1. The number of hydrogen-bond acceptors (Lipinski definition) is 9. The van der Waals surface area contributed by atoms with Gasteiger partial charge in [0.1, 0.15) is 24.7 Å². The van der Waals surface area contributed by atoms with Gasteiger partial charge in [-0.2, -0.15) is 0 Å². The number of carboxylic acids is 2. The molecule has 1 heterocycles. The normalized spacial score (nSPS) is 13.5. The Balaban J connectivity index is 2.21. The summed E-state index contributed by atoms with van der Waals surface area (Å²) >= 11 is 0. The molecule has 0 aliphatic rings. The zero-order valence-electron chi connectivity index (χ0n) is 26.4. The van der Waals surface area contributed by atoms with Gasteiger partial charge in [0, 0.05) is 19.0 Å². The molecule has 1 aromatic carbocycles. The zero-order valence-corrected chi connectivity index (χ0v) is 26.4. The number of carbonyl (C=O) groups is 6. The number of nitrogens with one attached hydrogen (secondary N) is 5. The third-order valence-electron chi connectivity index (χ3n) is 6.61. The summed E-state index contributed by atoms with van der Waals surface area (Å²) in [7, 11) is 0. The summed E-state index contributed by atoms with van der Waals surface area (Å²) in [6.45, 7) is 5.31. The molecule has 4 amide bonds. The molecule has 47 heavy (non-hydrogen) atoms. The minimum absolute atomic E-state index is 0.0447. The van der Waals surface area contributed by atoms with Gasteiger partial charge in [0.15, 0.2) is 0 Å². The molecule has 0 fully saturated rings. The van der Waals surface area contributed by atoms with E-state index in [1.54, 1.807) is 45.0 Å². The number of imidazole rings is 1. The molecule has 0 aliphatic carbocycles. The molecule has 1 aromatic heterocycles. The summed E-state index contributed by atoms with van der Waals surface area (Å²) in [5, 5.41) is 28.6. The van der Waals surface area contributed by atoms with Crippen LogP contribution in [0.3, 0.4) is 0 Å². The lowest BCUT2D eigenvalue weighted by Gasteiger charge is -2.26. The van der Waals surface area contributed by atoms with Gasteiger partial charge in [0.2, 0.25) is 17.7 Å². The smallest absolute Gasteiger partial charge is 0.408 e. The molecule has 0 saturated heterocycles. The third-order valence-corrected chi connectivity index (χ3v) is 6.61. The number of hydrogen-bond donors (Lipinski definition) is 7. The van der Waals surface area contributed by atoms with Gasteiger partial charge in [-0.05, 0) is 30.9 Å². The van der Waals surface area contributed by atoms with Crippen LogP contribution in [0.1, 0.15) is 51.3 Å². The lowest BCUT2D eigenvalue weighted by molar-refractivity contribution is -0.139. The van der Waals surface area contributed by atoms with Gasteiger partial charge in [0.05, 0.1) is 37.4 Å². The van der Waals surface area contributed by atoms with Crippen molar-refractivity contribution in [3.8, 4) is 0 Å². The van der Waals surface area contributed by atoms with Gasteiger partial charge in [-0.25, -0.2) is 9.78 Å². The van der Waals surface area contributed by atoms with Crippen molar-refractivity contribution in [3.05, 3.63) is 66.5 Å². The Kier molecular flexibility index (Phi) is 16.0. The average Bonchev–Trinajstić information content (AvgIpc) is 3.53. The van der Waals surface area contributed by atoms with Crippen LogP contribution in [0.4, 0.5) is 4.79 Å². The maximum atomic E-state index is 13.5. The minimum Gasteiger partial charge on any atom is -0.502 e. The van der Waals surface area contributed by atoms with Crippen molar-refractivity contribution in [1.82, 2.24) is 31.2 Å². The highest BCUT2D eigenvalue weighted by molar-refractivity contribution is 5.94. The molecule has 4 atom stereocenters. The average molecular weight is 659 g/mol. The lowest BCUT2D eigenvalue weighted by Crippen LogP contribution is -2.58. The predicted octanol–water partition coefficient (Wildman–Crippen LogP) is 1.25. The topological polar surface area (TPSA) is 238 Å². The van der Waals surface area contributed by atoms with Crippen LogP contribution in [0.25, 0.3) is 0 Å². The molecule has 0 radical (unpaired) electrons. The van der Waals surface area contributed by atoms with Crippen LogP contribution in [-0.2, 0) is 46.5 Å². The van der Waals surface area contributed by atoms with Crippen molar-refractivity contribution in [3.63, 3.8) is 0 Å². The van der Waals surface area contributed by atoms with Crippen LogP contribution < -0.4 is 21.3 Å². The largest absolute Gasteiger partial charge is 0.502 e. The van der Waals surface area contributed by atoms with E-state index in [-0.39, 0.29) is 19.4 Å². The van der Waals surface area contributed by atoms with E-state index in [1.165, 1.54) is 24.9 Å². The maximum absolute atomic E-state index is 13.5. The monoisotopic (exact) mass is 658 g/mol. The fourth-order valence-corrected chi connectivity index (χ4v) is 4.20. The number of amides is 4. The molecular weight excluding hydrogens is 616 g/mol. The Morgan fingerprint density at radius 2 is 1.60 bits per heavy atom. The Bertz CT molecular complexity index is 1350. The van der Waals surface area contributed by atoms with E-state index >= 15 is 0 Å². The standard InChI is InChI=1S/C31H42N6O10/c1-4-46-13-12-21(15-26(40)41)34-29(43)24(14-22-16-32-18-33-22)36-28(42)23(10-11-25(38)39)35-30(44)27(19(2)3)37-31(45)47-17-20-8-6-5-7-9-20/h5-9,12-13,16,18-19,21,23-24,27H,4,10-11,14-15,17H2,1-3H3,(H,32,33)(H,34,43)(H,35,44)(H,36,42)(H,37,45)(H,38,39)(H,40,41)/b13-12+/t21-,23+,24+,27+/m1/s1. The molecule has 2 aromatic rings. The summed E-state index contributed by atoms with van der Waals surface area (Å²) in [6, 6.07) is 4.00. The van der Waals surface area contributed by atoms with Crippen molar-refractivity contribution < 1.29 is 48.5 Å². The number of aromatic amines is 1. The zero-order chi connectivity index (χ0) is 34.8. The van der Waals surface area contributed by atoms with Crippen LogP contribution in [0.15, 0.2) is 55.2 Å². The Morgan fingerprint density at radius 1 is 0.915 bits per heavy atom. The first-order chi connectivity index (χ1) is 22.4. The number of alkyl carbamates (subject to hydrolysis) is 1. The molecule has 0 bridgehead atoms. The predicted molar refractivity (Wildman–Crippen MR) is 166 cm³/mol. The Morgan fingerprint density at radius 3 is 2.19 bits per heavy atom. The third kappa shape index (κ3) is 14.5. The molecule has 16 nitrogen and oxygen atoms in total. The molecule has 256 valence electrons. The van der Waals surface area contributed by atoms with Crippen molar-refractivity contribution in [2.45, 2.75) is 77.2 Å². The fraction of sp³-hybridized carbons (Fsp3) is 0.452. The number of carbonyl (C=O) groups excluding carboxylic acids is 4. The summed E-state index contributed by atoms with van der Waals surface area (Å²) in [4.78, 5) is 82.3. The van der Waals surface area contributed by atoms with E-state index in [0.717, 1.165) is 5.56 Å². The molecule has 2 rings (SSSR count). The van der Waals surface area contributed by atoms with E-state index in [4.69, 9.17) is 9.47 Å². The van der Waals surface area contributed by atoms with Gasteiger partial charge in [-0.3, -0.25) is 24.0 Å². The highest BCUT2D eigenvalue weighted by Gasteiger charge is 2.32. The van der Waals surface area contributed by atoms with E-state index < -0.39 is 78.7 Å². The Hall–Kier alpha value is -5.41. The first-order valence-electron chi connectivity index (χ1n) is 15.0. The van der Waals surface area contributed by atoms with Gasteiger partial charge in [-0.15, -0.1) is 0 Å². The fourth-order valence-electron chi connectivity index (χ4n) is 4.20. The number of benzene rings is 1. The van der Waals surface area contributed by atoms with Crippen LogP contribution in [0.2, 0.25) is 0 Å². The second kappa shape index (κ2) is 19.9. The van der Waals surface area contributed by atoms with E-state index in [1.807, 2.05) is 6.07 Å². The van der Waals surface area contributed by atoms with E-state index in [9.17, 15) is 39.0 Å². The van der Waals surface area contributed by atoms with Crippen LogP contribution in [-0.4, -0.2) is 86.7 Å². The molecule has 0 aliphatic heterocycles. The van der Waals surface area contributed by atoms with Gasteiger partial charge in [-0.1, -0.05) is 44.2 Å². The summed E-state index contributed by atoms with van der Waals surface area (Å²) < 4.78 is 10.3.